The summed E-state index contributed by atoms with van der Waals surface area (Å²) in [7, 11) is 0. The number of alkyl carbamates (subject to hydrolysis) is 1. The third kappa shape index (κ3) is 5.07. The summed E-state index contributed by atoms with van der Waals surface area (Å²) in [6.07, 6.45) is -0.00802. The van der Waals surface area contributed by atoms with Crippen molar-refractivity contribution in [2.75, 3.05) is 0 Å². The largest absolute Gasteiger partial charge is 0.444 e. The van der Waals surface area contributed by atoms with Gasteiger partial charge >= 0.3 is 6.09 Å². The molecule has 1 rings (SSSR count). The molecule has 1 N–H and O–H groups in total. The van der Waals surface area contributed by atoms with Gasteiger partial charge in [0.25, 0.3) is 0 Å². The van der Waals surface area contributed by atoms with Crippen LogP contribution in [0.5, 0.6) is 0 Å². The molecule has 0 aliphatic rings. The molecule has 5 heteroatoms. The summed E-state index contributed by atoms with van der Waals surface area (Å²) in [5.41, 5.74) is -0.182. The maximum absolute atomic E-state index is 13.8. The number of rotatable bonds is 3. The van der Waals surface area contributed by atoms with E-state index in [1.165, 1.54) is 6.07 Å². The number of carbonyl (C=O) groups excluding carboxylic acids is 1. The minimum atomic E-state index is -0.582. The molecule has 106 valence electrons. The van der Waals surface area contributed by atoms with Crippen molar-refractivity contribution in [1.82, 2.24) is 5.32 Å². The van der Waals surface area contributed by atoms with Gasteiger partial charge in [0.1, 0.15) is 11.4 Å². The second kappa shape index (κ2) is 6.24. The molecule has 19 heavy (non-hydrogen) atoms. The van der Waals surface area contributed by atoms with Crippen LogP contribution in [0, 0.1) is 5.82 Å². The molecule has 0 fully saturated rings. The van der Waals surface area contributed by atoms with Crippen LogP contribution in [-0.4, -0.2) is 11.7 Å². The average molecular weight is 288 g/mol. The Kier molecular flexibility index (Phi) is 5.18. The van der Waals surface area contributed by atoms with E-state index >= 15 is 0 Å². The summed E-state index contributed by atoms with van der Waals surface area (Å²) in [5, 5.41) is 2.98. The lowest BCUT2D eigenvalue weighted by molar-refractivity contribution is 0.0501. The van der Waals surface area contributed by atoms with E-state index in [1.807, 2.05) is 6.92 Å². The Morgan fingerprint density at radius 3 is 2.58 bits per heavy atom. The van der Waals surface area contributed by atoms with Gasteiger partial charge in [-0.25, -0.2) is 9.18 Å². The highest BCUT2D eigenvalue weighted by Gasteiger charge is 2.21. The van der Waals surface area contributed by atoms with Crippen molar-refractivity contribution in [1.29, 1.82) is 0 Å². The van der Waals surface area contributed by atoms with Gasteiger partial charge in [-0.05, 0) is 39.3 Å². The number of carbonyl (C=O) groups is 1. The Labute approximate surface area is 118 Å². The van der Waals surface area contributed by atoms with Crippen molar-refractivity contribution >= 4 is 17.7 Å². The lowest BCUT2D eigenvalue weighted by Crippen LogP contribution is -2.35. The van der Waals surface area contributed by atoms with Crippen molar-refractivity contribution in [3.63, 3.8) is 0 Å². The number of nitrogens with one attached hydrogen (secondary N) is 1. The maximum atomic E-state index is 13.8. The molecule has 0 aliphatic heterocycles. The average Bonchev–Trinajstić information content (AvgIpc) is 2.24. The highest BCUT2D eigenvalue weighted by Crippen LogP contribution is 2.23. The number of hydrogen-bond donors (Lipinski definition) is 1. The van der Waals surface area contributed by atoms with Crippen molar-refractivity contribution < 1.29 is 13.9 Å². The first-order valence-electron chi connectivity index (χ1n) is 6.17. The molecule has 1 amide bonds. The summed E-state index contributed by atoms with van der Waals surface area (Å²) in [6.45, 7) is 7.18. The second-order valence-corrected chi connectivity index (χ2v) is 5.71. The van der Waals surface area contributed by atoms with E-state index in [1.54, 1.807) is 32.9 Å². The molecular formula is C14H19ClFNO2. The van der Waals surface area contributed by atoms with Crippen molar-refractivity contribution in [2.45, 2.75) is 45.8 Å². The number of amides is 1. The zero-order valence-corrected chi connectivity index (χ0v) is 12.3. The first-order chi connectivity index (χ1) is 8.73. The Morgan fingerprint density at radius 1 is 1.47 bits per heavy atom. The topological polar surface area (TPSA) is 38.3 Å². The first kappa shape index (κ1) is 15.8. The molecule has 0 saturated heterocycles. The third-order valence-electron chi connectivity index (χ3n) is 2.44. The van der Waals surface area contributed by atoms with Crippen LogP contribution in [0.25, 0.3) is 0 Å². The minimum absolute atomic E-state index is 0.327. The van der Waals surface area contributed by atoms with Gasteiger partial charge in [-0.3, -0.25) is 0 Å². The predicted octanol–water partition coefficient (Wildman–Crippen LogP) is 4.45. The molecule has 1 atom stereocenters. The van der Waals surface area contributed by atoms with Crippen LogP contribution in [-0.2, 0) is 4.74 Å². The first-order valence-corrected chi connectivity index (χ1v) is 6.55. The summed E-state index contributed by atoms with van der Waals surface area (Å²) in [5.74, 6) is -0.435. The molecule has 1 aromatic rings. The molecule has 0 bridgehead atoms. The van der Waals surface area contributed by atoms with Crippen molar-refractivity contribution in [3.8, 4) is 0 Å². The van der Waals surface area contributed by atoms with Gasteiger partial charge in [0.2, 0.25) is 0 Å². The Balaban J connectivity index is 2.81. The quantitative estimate of drug-likeness (QED) is 0.891. The Hall–Kier alpha value is -1.29. The SMILES string of the molecule is CC[C@@H](NC(=O)OC(C)(C)C)c1ccc(Cl)cc1F. The number of halogens is 2. The van der Waals surface area contributed by atoms with E-state index in [0.717, 1.165) is 0 Å². The molecule has 0 saturated carbocycles. The Morgan fingerprint density at radius 2 is 2.11 bits per heavy atom. The van der Waals surface area contributed by atoms with Gasteiger partial charge in [0.05, 0.1) is 6.04 Å². The normalized spacial score (nSPS) is 12.9. The fraction of sp³-hybridized carbons (Fsp3) is 0.500. The van der Waals surface area contributed by atoms with Crippen LogP contribution in [0.3, 0.4) is 0 Å². The third-order valence-corrected chi connectivity index (χ3v) is 2.67. The van der Waals surface area contributed by atoms with Crippen LogP contribution in [0.2, 0.25) is 5.02 Å². The predicted molar refractivity (Wildman–Crippen MR) is 73.8 cm³/mol. The van der Waals surface area contributed by atoms with Gasteiger partial charge in [-0.1, -0.05) is 24.6 Å². The van der Waals surface area contributed by atoms with E-state index in [9.17, 15) is 9.18 Å². The van der Waals surface area contributed by atoms with Gasteiger partial charge in [-0.15, -0.1) is 0 Å². The highest BCUT2D eigenvalue weighted by atomic mass is 35.5. The minimum Gasteiger partial charge on any atom is -0.444 e. The molecule has 0 aromatic heterocycles. The zero-order chi connectivity index (χ0) is 14.6. The van der Waals surface area contributed by atoms with E-state index in [-0.39, 0.29) is 0 Å². The van der Waals surface area contributed by atoms with Gasteiger partial charge in [-0.2, -0.15) is 0 Å². The van der Waals surface area contributed by atoms with Gasteiger partial charge in [0, 0.05) is 10.6 Å². The summed E-state index contributed by atoms with van der Waals surface area (Å²) >= 11 is 5.71. The molecule has 0 spiro atoms. The second-order valence-electron chi connectivity index (χ2n) is 5.27. The van der Waals surface area contributed by atoms with Gasteiger partial charge < -0.3 is 10.1 Å². The molecule has 1 aromatic carbocycles. The summed E-state index contributed by atoms with van der Waals surface area (Å²) in [4.78, 5) is 11.7. The standard InChI is InChI=1S/C14H19ClFNO2/c1-5-12(17-13(18)19-14(2,3)4)10-7-6-9(15)8-11(10)16/h6-8,12H,5H2,1-4H3,(H,17,18)/t12-/m1/s1. The molecule has 0 heterocycles. The van der Waals surface area contributed by atoms with E-state index in [2.05, 4.69) is 5.32 Å². The fourth-order valence-electron chi connectivity index (χ4n) is 1.63. The van der Waals surface area contributed by atoms with Gasteiger partial charge in [0.15, 0.2) is 0 Å². The summed E-state index contributed by atoms with van der Waals surface area (Å²) < 4.78 is 19.0. The van der Waals surface area contributed by atoms with Crippen molar-refractivity contribution in [2.24, 2.45) is 0 Å². The highest BCUT2D eigenvalue weighted by molar-refractivity contribution is 6.30. The summed E-state index contributed by atoms with van der Waals surface area (Å²) in [6, 6.07) is 3.96. The number of ether oxygens (including phenoxy) is 1. The maximum Gasteiger partial charge on any atom is 0.408 e. The molecule has 0 radical (unpaired) electrons. The van der Waals surface area contributed by atoms with Crippen LogP contribution < -0.4 is 5.32 Å². The lowest BCUT2D eigenvalue weighted by Gasteiger charge is -2.23. The molecular weight excluding hydrogens is 269 g/mol. The lowest BCUT2D eigenvalue weighted by atomic mass is 10.0. The van der Waals surface area contributed by atoms with E-state index < -0.39 is 23.6 Å². The number of benzene rings is 1. The fourth-order valence-corrected chi connectivity index (χ4v) is 1.79. The van der Waals surface area contributed by atoms with E-state index in [0.29, 0.717) is 17.0 Å². The molecule has 0 aliphatic carbocycles. The van der Waals surface area contributed by atoms with Crippen LogP contribution in [0.15, 0.2) is 18.2 Å². The van der Waals surface area contributed by atoms with Crippen molar-refractivity contribution in [3.05, 3.63) is 34.6 Å². The van der Waals surface area contributed by atoms with E-state index in [4.69, 9.17) is 16.3 Å². The van der Waals surface area contributed by atoms with Crippen LogP contribution in [0.1, 0.15) is 45.7 Å². The number of hydrogen-bond acceptors (Lipinski definition) is 2. The Bertz CT molecular complexity index is 457. The monoisotopic (exact) mass is 287 g/mol. The van der Waals surface area contributed by atoms with Crippen LogP contribution >= 0.6 is 11.6 Å². The smallest absolute Gasteiger partial charge is 0.408 e. The van der Waals surface area contributed by atoms with Crippen LogP contribution in [0.4, 0.5) is 9.18 Å². The zero-order valence-electron chi connectivity index (χ0n) is 11.6. The molecule has 0 unspecified atom stereocenters. The molecule has 3 nitrogen and oxygen atoms in total.